The number of para-hydroxylation sites is 1. The first kappa shape index (κ1) is 17.5. The van der Waals surface area contributed by atoms with Crippen molar-refractivity contribution in [3.05, 3.63) is 66.2 Å². The number of hydrogen-bond acceptors (Lipinski definition) is 5. The van der Waals surface area contributed by atoms with Gasteiger partial charge in [0.1, 0.15) is 31.5 Å². The first-order valence-corrected chi connectivity index (χ1v) is 8.15. The van der Waals surface area contributed by atoms with Crippen molar-refractivity contribution in [2.24, 2.45) is 0 Å². The number of ether oxygens (including phenoxy) is 2. The summed E-state index contributed by atoms with van der Waals surface area (Å²) < 4.78 is 10.4. The zero-order valence-corrected chi connectivity index (χ0v) is 14.0. The lowest BCUT2D eigenvalue weighted by atomic mass is 10.1. The van der Waals surface area contributed by atoms with Crippen LogP contribution in [0.3, 0.4) is 0 Å². The summed E-state index contributed by atoms with van der Waals surface area (Å²) >= 11 is 0. The molecule has 0 aliphatic carbocycles. The van der Waals surface area contributed by atoms with Gasteiger partial charge in [-0.15, -0.1) is 0 Å². The summed E-state index contributed by atoms with van der Waals surface area (Å²) in [6, 6.07) is 16.6. The molecule has 0 bridgehead atoms. The third-order valence-corrected chi connectivity index (χ3v) is 3.80. The maximum atomic E-state index is 12.4. The standard InChI is InChI=1S/C19H18N2O5/c22-16(26-12-11-25-15-9-5-2-6-10-15)13-21-18(23)17(20-19(21)24)14-7-3-1-4-8-14/h1-10,17H,11-13H2,(H,20,24). The van der Waals surface area contributed by atoms with Crippen molar-refractivity contribution in [3.8, 4) is 5.75 Å². The lowest BCUT2D eigenvalue weighted by Crippen LogP contribution is -2.36. The number of benzene rings is 2. The second-order valence-electron chi connectivity index (χ2n) is 5.60. The summed E-state index contributed by atoms with van der Waals surface area (Å²) in [5.74, 6) is -0.471. The van der Waals surface area contributed by atoms with E-state index < -0.39 is 30.5 Å². The lowest BCUT2D eigenvalue weighted by molar-refractivity contribution is -0.147. The van der Waals surface area contributed by atoms with Crippen LogP contribution in [0.15, 0.2) is 60.7 Å². The van der Waals surface area contributed by atoms with E-state index in [1.54, 1.807) is 36.4 Å². The van der Waals surface area contributed by atoms with Gasteiger partial charge < -0.3 is 14.8 Å². The van der Waals surface area contributed by atoms with Crippen molar-refractivity contribution in [2.45, 2.75) is 6.04 Å². The van der Waals surface area contributed by atoms with Crippen molar-refractivity contribution in [1.82, 2.24) is 10.2 Å². The van der Waals surface area contributed by atoms with Crippen LogP contribution < -0.4 is 10.1 Å². The Kier molecular flexibility index (Phi) is 5.48. The zero-order valence-electron chi connectivity index (χ0n) is 14.0. The van der Waals surface area contributed by atoms with E-state index in [0.29, 0.717) is 11.3 Å². The van der Waals surface area contributed by atoms with Crippen molar-refractivity contribution in [2.75, 3.05) is 19.8 Å². The SMILES string of the molecule is O=C(CN1C(=O)NC(c2ccccc2)C1=O)OCCOc1ccccc1. The van der Waals surface area contributed by atoms with E-state index in [-0.39, 0.29) is 13.2 Å². The fourth-order valence-electron chi connectivity index (χ4n) is 2.55. The van der Waals surface area contributed by atoms with Gasteiger partial charge in [-0.3, -0.25) is 14.5 Å². The zero-order chi connectivity index (χ0) is 18.4. The molecule has 134 valence electrons. The second kappa shape index (κ2) is 8.15. The molecular weight excluding hydrogens is 336 g/mol. The minimum absolute atomic E-state index is 0.0273. The van der Waals surface area contributed by atoms with Gasteiger partial charge in [-0.05, 0) is 17.7 Å². The highest BCUT2D eigenvalue weighted by atomic mass is 16.6. The van der Waals surface area contributed by atoms with Gasteiger partial charge in [0.25, 0.3) is 5.91 Å². The number of esters is 1. The summed E-state index contributed by atoms with van der Waals surface area (Å²) in [6.07, 6.45) is 0. The Balaban J connectivity index is 1.46. The monoisotopic (exact) mass is 354 g/mol. The van der Waals surface area contributed by atoms with Gasteiger partial charge in [0.15, 0.2) is 0 Å². The molecule has 1 fully saturated rings. The van der Waals surface area contributed by atoms with Gasteiger partial charge >= 0.3 is 12.0 Å². The molecule has 1 aliphatic heterocycles. The van der Waals surface area contributed by atoms with Crippen LogP contribution in [-0.2, 0) is 14.3 Å². The van der Waals surface area contributed by atoms with Crippen LogP contribution in [0.1, 0.15) is 11.6 Å². The Morgan fingerprint density at radius 3 is 2.31 bits per heavy atom. The number of imide groups is 1. The Bertz CT molecular complexity index is 779. The molecule has 1 saturated heterocycles. The molecule has 1 unspecified atom stereocenters. The third kappa shape index (κ3) is 4.18. The summed E-state index contributed by atoms with van der Waals surface area (Å²) in [6.45, 7) is -0.221. The van der Waals surface area contributed by atoms with Gasteiger partial charge in [-0.1, -0.05) is 48.5 Å². The molecule has 0 aromatic heterocycles. The maximum Gasteiger partial charge on any atom is 0.326 e. The summed E-state index contributed by atoms with van der Waals surface area (Å²) in [5, 5.41) is 2.57. The van der Waals surface area contributed by atoms with Gasteiger partial charge in [0, 0.05) is 0 Å². The number of carbonyl (C=O) groups is 3. The van der Waals surface area contributed by atoms with Gasteiger partial charge in [-0.2, -0.15) is 0 Å². The fourth-order valence-corrected chi connectivity index (χ4v) is 2.55. The predicted octanol–water partition coefficient (Wildman–Crippen LogP) is 1.90. The molecule has 7 heteroatoms. The largest absolute Gasteiger partial charge is 0.490 e. The van der Waals surface area contributed by atoms with Crippen LogP contribution in [0.5, 0.6) is 5.75 Å². The summed E-state index contributed by atoms with van der Waals surface area (Å²) in [7, 11) is 0. The smallest absolute Gasteiger partial charge is 0.326 e. The minimum atomic E-state index is -0.780. The molecular formula is C19H18N2O5. The number of nitrogens with zero attached hydrogens (tertiary/aromatic N) is 1. The lowest BCUT2D eigenvalue weighted by Gasteiger charge is -2.13. The van der Waals surface area contributed by atoms with E-state index in [4.69, 9.17) is 9.47 Å². The summed E-state index contributed by atoms with van der Waals surface area (Å²) in [5.41, 5.74) is 0.665. The normalized spacial score (nSPS) is 16.3. The van der Waals surface area contributed by atoms with Gasteiger partial charge in [0.05, 0.1) is 0 Å². The molecule has 2 aromatic carbocycles. The van der Waals surface area contributed by atoms with Crippen molar-refractivity contribution < 1.29 is 23.9 Å². The number of urea groups is 1. The second-order valence-corrected chi connectivity index (χ2v) is 5.60. The number of hydrogen-bond donors (Lipinski definition) is 1. The molecule has 1 heterocycles. The molecule has 0 spiro atoms. The molecule has 0 saturated carbocycles. The van der Waals surface area contributed by atoms with Crippen LogP contribution in [-0.4, -0.2) is 42.6 Å². The average Bonchev–Trinajstić information content (AvgIpc) is 2.95. The Morgan fingerprint density at radius 1 is 0.962 bits per heavy atom. The summed E-state index contributed by atoms with van der Waals surface area (Å²) in [4.78, 5) is 37.1. The van der Waals surface area contributed by atoms with Gasteiger partial charge in [-0.25, -0.2) is 4.79 Å². The van der Waals surface area contributed by atoms with E-state index in [1.165, 1.54) is 0 Å². The molecule has 3 amide bonds. The number of amides is 3. The molecule has 3 rings (SSSR count). The molecule has 0 radical (unpaired) electrons. The molecule has 1 N–H and O–H groups in total. The van der Waals surface area contributed by atoms with E-state index >= 15 is 0 Å². The van der Waals surface area contributed by atoms with Crippen LogP contribution in [0.4, 0.5) is 4.79 Å². The van der Waals surface area contributed by atoms with Crippen molar-refractivity contribution in [3.63, 3.8) is 0 Å². The Hall–Kier alpha value is -3.35. The molecule has 1 atom stereocenters. The van der Waals surface area contributed by atoms with Crippen LogP contribution in [0.2, 0.25) is 0 Å². The Labute approximate surface area is 150 Å². The first-order valence-electron chi connectivity index (χ1n) is 8.15. The van der Waals surface area contributed by atoms with E-state index in [9.17, 15) is 14.4 Å². The van der Waals surface area contributed by atoms with E-state index in [2.05, 4.69) is 5.32 Å². The number of carbonyl (C=O) groups excluding carboxylic acids is 3. The maximum absolute atomic E-state index is 12.4. The average molecular weight is 354 g/mol. The molecule has 1 aliphatic rings. The molecule has 7 nitrogen and oxygen atoms in total. The third-order valence-electron chi connectivity index (χ3n) is 3.80. The quantitative estimate of drug-likeness (QED) is 0.466. The first-order chi connectivity index (χ1) is 12.6. The highest BCUT2D eigenvalue weighted by molar-refractivity contribution is 6.06. The van der Waals surface area contributed by atoms with Crippen LogP contribution >= 0.6 is 0 Å². The topological polar surface area (TPSA) is 84.9 Å². The molecule has 2 aromatic rings. The van der Waals surface area contributed by atoms with Gasteiger partial charge in [0.2, 0.25) is 0 Å². The number of nitrogens with one attached hydrogen (secondary N) is 1. The Morgan fingerprint density at radius 2 is 1.62 bits per heavy atom. The predicted molar refractivity (Wildman–Crippen MR) is 92.3 cm³/mol. The van der Waals surface area contributed by atoms with E-state index in [1.807, 2.05) is 24.3 Å². The van der Waals surface area contributed by atoms with Crippen molar-refractivity contribution >= 4 is 17.9 Å². The van der Waals surface area contributed by atoms with Crippen LogP contribution in [0.25, 0.3) is 0 Å². The highest BCUT2D eigenvalue weighted by Gasteiger charge is 2.40. The fraction of sp³-hybridized carbons (Fsp3) is 0.211. The molecule has 26 heavy (non-hydrogen) atoms. The highest BCUT2D eigenvalue weighted by Crippen LogP contribution is 2.21. The van der Waals surface area contributed by atoms with Crippen molar-refractivity contribution in [1.29, 1.82) is 0 Å². The van der Waals surface area contributed by atoms with E-state index in [0.717, 1.165) is 4.90 Å². The van der Waals surface area contributed by atoms with Crippen LogP contribution in [0, 0.1) is 0 Å². The number of rotatable bonds is 7. The minimum Gasteiger partial charge on any atom is -0.490 e.